The summed E-state index contributed by atoms with van der Waals surface area (Å²) in [5.41, 5.74) is 0.588. The van der Waals surface area contributed by atoms with E-state index in [9.17, 15) is 45.5 Å². The number of carbonyl (C=O) groups is 4. The van der Waals surface area contributed by atoms with Crippen LogP contribution in [0.1, 0.15) is 89.7 Å². The Labute approximate surface area is 443 Å². The maximum Gasteiger partial charge on any atom is 1.00 e. The van der Waals surface area contributed by atoms with E-state index in [4.69, 9.17) is 33.5 Å². The average Bonchev–Trinajstić information content (AvgIpc) is 4.00. The largest absolute Gasteiger partial charge is 1.00 e. The number of benzene rings is 4. The number of fused-ring (bicyclic) bond motifs is 2. The third kappa shape index (κ3) is 17.5. The molecule has 0 spiro atoms. The topological polar surface area (TPSA) is 249 Å². The Balaban J connectivity index is 0.000000478. The molecule has 398 valence electrons. The molecule has 25 heteroatoms. The fourth-order valence-corrected chi connectivity index (χ4v) is 6.94. The molecule has 0 aliphatic heterocycles. The Hall–Kier alpha value is -6.60. The summed E-state index contributed by atoms with van der Waals surface area (Å²) in [6.07, 6.45) is -5.98. The summed E-state index contributed by atoms with van der Waals surface area (Å²) in [4.78, 5) is 50.3. The van der Waals surface area contributed by atoms with E-state index in [0.717, 1.165) is 7.11 Å². The van der Waals surface area contributed by atoms with Gasteiger partial charge in [0, 0.05) is 56.8 Å². The molecule has 74 heavy (non-hydrogen) atoms. The van der Waals surface area contributed by atoms with Crippen molar-refractivity contribution in [1.82, 2.24) is 20.1 Å². The molecule has 0 radical (unpaired) electrons. The summed E-state index contributed by atoms with van der Waals surface area (Å²) in [6, 6.07) is 17.0. The van der Waals surface area contributed by atoms with Crippen LogP contribution < -0.4 is 49.7 Å². The number of nitrogens with zero attached hydrogens (tertiary/aromatic N) is 4. The fraction of sp³-hybridized carbons (Fsp3) is 0.388. The van der Waals surface area contributed by atoms with Gasteiger partial charge in [-0.3, -0.25) is 0 Å². The molecule has 0 atom stereocenters. The van der Waals surface area contributed by atoms with E-state index in [1.165, 1.54) is 58.3 Å². The zero-order chi connectivity index (χ0) is 53.2. The molecule has 0 unspecified atom stereocenters. The molecule has 0 aliphatic rings. The van der Waals surface area contributed by atoms with Gasteiger partial charge in [0.2, 0.25) is 0 Å². The molecule has 0 saturated carbocycles. The van der Waals surface area contributed by atoms with E-state index >= 15 is 0 Å². The van der Waals surface area contributed by atoms with Crippen molar-refractivity contribution in [2.45, 2.75) is 71.6 Å². The molecule has 4 amide bonds. The number of carboxylic acids is 1. The number of aromatic nitrogens is 2. The van der Waals surface area contributed by atoms with Crippen LogP contribution in [-0.2, 0) is 29.9 Å². The summed E-state index contributed by atoms with van der Waals surface area (Å²) < 4.78 is 105. The normalized spacial score (nSPS) is 10.9. The maximum absolute atomic E-state index is 13.2. The van der Waals surface area contributed by atoms with Crippen LogP contribution in [0.25, 0.3) is 21.9 Å². The van der Waals surface area contributed by atoms with Gasteiger partial charge >= 0.3 is 65.9 Å². The van der Waals surface area contributed by atoms with Gasteiger partial charge in [-0.1, -0.05) is 37.0 Å². The zero-order valence-corrected chi connectivity index (χ0v) is 43.8. The first-order valence-corrected chi connectivity index (χ1v) is 22.6. The summed E-state index contributed by atoms with van der Waals surface area (Å²) in [7, 11) is 4.23. The number of esters is 1. The number of aryl methyl sites for hydroxylation is 2. The van der Waals surface area contributed by atoms with Gasteiger partial charge in [0.25, 0.3) is 0 Å². The maximum atomic E-state index is 13.2. The second-order valence-electron chi connectivity index (χ2n) is 15.7. The standard InChI is InChI=1S/C25H28F3N3O5.C23H24F3N3O5.CH4O.Na.H2O/c1-4-7-18-20(13-12-19-21(18)36-30-22(19)25(26,27)28)35-15-6-14-31(3)24(33)29-17-10-8-16(9-11-17)23(32)34-5-2;1-3-5-16-18(11-10-17-19(16)34-28-20(17)23(24,25)26)33-13-4-12-29(2)22(32)27-15-8-6-14(7-9-15)21(30)31;1-2;;/h8-13H,4-7,14-15H2,1-3H3,(H,29,33);6-11H,3-5,12-13H2,1-2H3,(H,27,32)(H,30,31);2H,1H3;;1H2/q;;;+1;/p-1. The van der Waals surface area contributed by atoms with Gasteiger partial charge in [-0.2, -0.15) is 26.3 Å². The van der Waals surface area contributed by atoms with Crippen molar-refractivity contribution in [3.05, 3.63) is 106 Å². The van der Waals surface area contributed by atoms with Gasteiger partial charge in [0.15, 0.2) is 22.6 Å². The van der Waals surface area contributed by atoms with Crippen LogP contribution in [0.4, 0.5) is 47.3 Å². The van der Waals surface area contributed by atoms with Crippen molar-refractivity contribution in [2.75, 3.05) is 64.7 Å². The van der Waals surface area contributed by atoms with Crippen LogP contribution in [0.3, 0.4) is 0 Å². The molecule has 6 rings (SSSR count). The zero-order valence-electron chi connectivity index (χ0n) is 41.8. The number of nitrogens with one attached hydrogen (secondary N) is 2. The van der Waals surface area contributed by atoms with Crippen LogP contribution in [-0.4, -0.2) is 114 Å². The van der Waals surface area contributed by atoms with Gasteiger partial charge in [-0.05, 0) is 105 Å². The number of ether oxygens (including phenoxy) is 3. The van der Waals surface area contributed by atoms with Gasteiger partial charge < -0.3 is 59.4 Å². The summed E-state index contributed by atoms with van der Waals surface area (Å²) in [6.45, 7) is 7.00. The average molecular weight is 1060 g/mol. The molecule has 2 aromatic heterocycles. The summed E-state index contributed by atoms with van der Waals surface area (Å²) in [5.74, 6) is -0.633. The molecular formula is C49H57F6N6NaO12. The van der Waals surface area contributed by atoms with E-state index in [-0.39, 0.29) is 94.4 Å². The van der Waals surface area contributed by atoms with E-state index < -0.39 is 35.7 Å². The molecule has 2 heterocycles. The minimum atomic E-state index is -4.61. The van der Waals surface area contributed by atoms with E-state index in [2.05, 4.69) is 20.9 Å². The van der Waals surface area contributed by atoms with Crippen LogP contribution in [0.15, 0.2) is 81.8 Å². The van der Waals surface area contributed by atoms with Gasteiger partial charge in [-0.15, -0.1) is 0 Å². The Kier molecular flexibility index (Phi) is 25.7. The molecule has 0 aliphatic carbocycles. The van der Waals surface area contributed by atoms with E-state index in [0.29, 0.717) is 91.2 Å². The fourth-order valence-electron chi connectivity index (χ4n) is 6.94. The molecule has 4 aromatic carbocycles. The molecule has 0 bridgehead atoms. The number of carboxylic acid groups (broad SMARTS) is 1. The molecule has 18 nitrogen and oxygen atoms in total. The number of aliphatic hydroxyl groups excluding tert-OH is 1. The third-order valence-corrected chi connectivity index (χ3v) is 10.5. The Morgan fingerprint density at radius 1 is 0.622 bits per heavy atom. The first kappa shape index (κ1) is 63.5. The quantitative estimate of drug-likeness (QED) is 0.0262. The first-order chi connectivity index (χ1) is 34.3. The second-order valence-corrected chi connectivity index (χ2v) is 15.7. The van der Waals surface area contributed by atoms with Crippen LogP contribution >= 0.6 is 0 Å². The molecular weight excluding hydrogens is 1000 g/mol. The van der Waals surface area contributed by atoms with Crippen LogP contribution in [0.5, 0.6) is 11.5 Å². The Morgan fingerprint density at radius 2 is 1.00 bits per heavy atom. The number of carbonyl (C=O) groups excluding carboxylic acids is 3. The smallest absolute Gasteiger partial charge is 0.870 e. The van der Waals surface area contributed by atoms with Crippen molar-refractivity contribution in [3.8, 4) is 11.5 Å². The molecule has 5 N–H and O–H groups in total. The van der Waals surface area contributed by atoms with Crippen molar-refractivity contribution >= 4 is 57.3 Å². The van der Waals surface area contributed by atoms with Crippen LogP contribution in [0.2, 0.25) is 0 Å². The van der Waals surface area contributed by atoms with E-state index in [1.807, 2.05) is 13.8 Å². The molecule has 6 aromatic rings. The second kappa shape index (κ2) is 29.9. The number of aromatic carboxylic acids is 1. The first-order valence-electron chi connectivity index (χ1n) is 22.6. The van der Waals surface area contributed by atoms with Crippen molar-refractivity contribution in [1.29, 1.82) is 0 Å². The Bertz CT molecular complexity index is 2740. The van der Waals surface area contributed by atoms with E-state index in [1.54, 1.807) is 45.3 Å². The number of hydrogen-bond donors (Lipinski definition) is 4. The number of hydrogen-bond acceptors (Lipinski definition) is 13. The third-order valence-electron chi connectivity index (χ3n) is 10.5. The minimum absolute atomic E-state index is 0. The number of amides is 4. The molecule has 0 saturated heterocycles. The summed E-state index contributed by atoms with van der Waals surface area (Å²) >= 11 is 0. The SMILES string of the molecule is CCCc1c(OCCCN(C)C(=O)Nc2ccc(C(=O)O)cc2)ccc2c(C(F)(F)F)noc12.CCCc1c(OCCCN(C)C(=O)Nc2ccc(C(=O)OCC)cc2)ccc2c(C(F)(F)F)noc12.CO.[Na+].[OH-]. The van der Waals surface area contributed by atoms with Gasteiger partial charge in [0.05, 0.1) is 41.7 Å². The number of aliphatic hydroxyl groups is 1. The number of halogens is 6. The number of urea groups is 2. The van der Waals surface area contributed by atoms with Crippen molar-refractivity contribution in [3.63, 3.8) is 0 Å². The predicted octanol–water partition coefficient (Wildman–Crippen LogP) is 7.77. The summed E-state index contributed by atoms with van der Waals surface area (Å²) in [5, 5.41) is 27.6. The monoisotopic (exact) mass is 1060 g/mol. The number of alkyl halides is 6. The number of rotatable bonds is 19. The van der Waals surface area contributed by atoms with Gasteiger partial charge in [0.1, 0.15) is 11.5 Å². The van der Waals surface area contributed by atoms with Crippen LogP contribution in [0, 0.1) is 0 Å². The predicted molar refractivity (Wildman–Crippen MR) is 255 cm³/mol. The molecule has 0 fully saturated rings. The number of anilines is 2. The Morgan fingerprint density at radius 3 is 1.34 bits per heavy atom. The van der Waals surface area contributed by atoms with Crippen molar-refractivity contribution in [2.24, 2.45) is 0 Å². The minimum Gasteiger partial charge on any atom is -0.870 e. The van der Waals surface area contributed by atoms with Crippen molar-refractivity contribution < 1.29 is 114 Å². The van der Waals surface area contributed by atoms with Gasteiger partial charge in [-0.25, -0.2) is 19.2 Å².